The van der Waals surface area contributed by atoms with Crippen molar-refractivity contribution in [3.8, 4) is 11.5 Å². The first-order valence-electron chi connectivity index (χ1n) is 11.1. The molecule has 0 bridgehead atoms. The SMILES string of the molecule is COc1ccc2ccccc2c1CCC(=O)N1CCC(Oc2cccc3cccnc23)C1. The van der Waals surface area contributed by atoms with E-state index in [0.717, 1.165) is 45.2 Å². The molecule has 1 aliphatic rings. The largest absolute Gasteiger partial charge is 0.496 e. The van der Waals surface area contributed by atoms with E-state index in [2.05, 4.69) is 23.2 Å². The smallest absolute Gasteiger partial charge is 0.223 e. The molecule has 162 valence electrons. The third kappa shape index (κ3) is 3.98. The van der Waals surface area contributed by atoms with E-state index in [1.165, 1.54) is 0 Å². The Kier molecular flexibility index (Phi) is 5.63. The van der Waals surface area contributed by atoms with Gasteiger partial charge in [0.05, 0.1) is 13.7 Å². The summed E-state index contributed by atoms with van der Waals surface area (Å²) in [4.78, 5) is 19.4. The first kappa shape index (κ1) is 20.3. The molecule has 2 heterocycles. The maximum absolute atomic E-state index is 13.0. The number of pyridine rings is 1. The van der Waals surface area contributed by atoms with Gasteiger partial charge in [0, 0.05) is 36.5 Å². The summed E-state index contributed by atoms with van der Waals surface area (Å²) in [6.07, 6.45) is 3.69. The Hall–Kier alpha value is -3.60. The molecule has 1 saturated heterocycles. The lowest BCUT2D eigenvalue weighted by atomic mass is 9.99. The van der Waals surface area contributed by atoms with Gasteiger partial charge in [-0.2, -0.15) is 0 Å². The summed E-state index contributed by atoms with van der Waals surface area (Å²) in [7, 11) is 1.68. The zero-order valence-corrected chi connectivity index (χ0v) is 18.2. The molecule has 0 radical (unpaired) electrons. The molecule has 0 spiro atoms. The average Bonchev–Trinajstić information content (AvgIpc) is 3.31. The predicted molar refractivity (Wildman–Crippen MR) is 126 cm³/mol. The van der Waals surface area contributed by atoms with Crippen molar-refractivity contribution < 1.29 is 14.3 Å². The third-order valence-corrected chi connectivity index (χ3v) is 6.19. The van der Waals surface area contributed by atoms with Crippen LogP contribution in [0, 0.1) is 0 Å². The highest BCUT2D eigenvalue weighted by Gasteiger charge is 2.28. The highest BCUT2D eigenvalue weighted by atomic mass is 16.5. The van der Waals surface area contributed by atoms with Crippen LogP contribution in [-0.2, 0) is 11.2 Å². The number of carbonyl (C=O) groups excluding carboxylic acids is 1. The minimum Gasteiger partial charge on any atom is -0.496 e. The molecule has 0 saturated carbocycles. The van der Waals surface area contributed by atoms with E-state index in [0.29, 0.717) is 25.9 Å². The first-order valence-corrected chi connectivity index (χ1v) is 11.1. The van der Waals surface area contributed by atoms with Crippen LogP contribution in [0.15, 0.2) is 72.9 Å². The van der Waals surface area contributed by atoms with Gasteiger partial charge in [-0.15, -0.1) is 0 Å². The molecule has 4 aromatic rings. The standard InChI is InChI=1S/C27H26N2O3/c1-31-24-13-11-19-6-2-3-9-22(19)23(24)12-14-26(30)29-17-15-21(18-29)32-25-10-4-7-20-8-5-16-28-27(20)25/h2-11,13,16,21H,12,14-15,17-18H2,1H3. The van der Waals surface area contributed by atoms with Crippen LogP contribution in [0.1, 0.15) is 18.4 Å². The number of rotatable bonds is 6. The monoisotopic (exact) mass is 426 g/mol. The van der Waals surface area contributed by atoms with E-state index in [1.807, 2.05) is 53.4 Å². The number of ether oxygens (including phenoxy) is 2. The van der Waals surface area contributed by atoms with E-state index in [-0.39, 0.29) is 12.0 Å². The number of para-hydroxylation sites is 1. The fourth-order valence-electron chi connectivity index (χ4n) is 4.56. The number of aryl methyl sites for hydroxylation is 1. The molecular weight excluding hydrogens is 400 g/mol. The number of nitrogens with zero attached hydrogens (tertiary/aromatic N) is 2. The second kappa shape index (κ2) is 8.87. The number of methoxy groups -OCH3 is 1. The first-order chi connectivity index (χ1) is 15.7. The Labute approximate surface area is 187 Å². The summed E-state index contributed by atoms with van der Waals surface area (Å²) in [5, 5.41) is 3.36. The van der Waals surface area contributed by atoms with Gasteiger partial charge in [-0.05, 0) is 35.4 Å². The Morgan fingerprint density at radius 1 is 1.00 bits per heavy atom. The van der Waals surface area contributed by atoms with Crippen LogP contribution in [0.2, 0.25) is 0 Å². The summed E-state index contributed by atoms with van der Waals surface area (Å²) in [5.41, 5.74) is 1.95. The van der Waals surface area contributed by atoms with Gasteiger partial charge in [-0.25, -0.2) is 0 Å². The summed E-state index contributed by atoms with van der Waals surface area (Å²) in [5.74, 6) is 1.77. The quantitative estimate of drug-likeness (QED) is 0.435. The normalized spacial score (nSPS) is 15.9. The molecular formula is C27H26N2O3. The molecule has 1 fully saturated rings. The van der Waals surface area contributed by atoms with Crippen molar-refractivity contribution in [3.63, 3.8) is 0 Å². The predicted octanol–water partition coefficient (Wildman–Crippen LogP) is 5.01. The number of amides is 1. The van der Waals surface area contributed by atoms with Crippen LogP contribution in [0.5, 0.6) is 11.5 Å². The van der Waals surface area contributed by atoms with Crippen LogP contribution >= 0.6 is 0 Å². The van der Waals surface area contributed by atoms with Gasteiger partial charge in [0.15, 0.2) is 0 Å². The lowest BCUT2D eigenvalue weighted by molar-refractivity contribution is -0.130. The van der Waals surface area contributed by atoms with Gasteiger partial charge in [-0.1, -0.05) is 48.5 Å². The molecule has 0 aliphatic carbocycles. The summed E-state index contributed by atoms with van der Waals surface area (Å²) in [6.45, 7) is 1.32. The fourth-order valence-corrected chi connectivity index (χ4v) is 4.56. The van der Waals surface area contributed by atoms with Gasteiger partial charge in [0.1, 0.15) is 23.1 Å². The second-order valence-electron chi connectivity index (χ2n) is 8.17. The maximum Gasteiger partial charge on any atom is 0.223 e. The van der Waals surface area contributed by atoms with Crippen molar-refractivity contribution in [2.45, 2.75) is 25.4 Å². The average molecular weight is 427 g/mol. The van der Waals surface area contributed by atoms with Crippen LogP contribution < -0.4 is 9.47 Å². The molecule has 1 atom stereocenters. The van der Waals surface area contributed by atoms with Crippen molar-refractivity contribution in [1.82, 2.24) is 9.88 Å². The fraction of sp³-hybridized carbons (Fsp3) is 0.259. The molecule has 5 heteroatoms. The number of hydrogen-bond acceptors (Lipinski definition) is 4. The van der Waals surface area contributed by atoms with Crippen LogP contribution in [0.25, 0.3) is 21.7 Å². The summed E-state index contributed by atoms with van der Waals surface area (Å²) < 4.78 is 11.8. The molecule has 32 heavy (non-hydrogen) atoms. The topological polar surface area (TPSA) is 51.7 Å². The Balaban J connectivity index is 1.25. The number of hydrogen-bond donors (Lipinski definition) is 0. The molecule has 1 amide bonds. The van der Waals surface area contributed by atoms with E-state index >= 15 is 0 Å². The molecule has 1 aromatic heterocycles. The van der Waals surface area contributed by atoms with Gasteiger partial charge in [0.2, 0.25) is 5.91 Å². The molecule has 5 rings (SSSR count). The zero-order chi connectivity index (χ0) is 21.9. The van der Waals surface area contributed by atoms with Crippen molar-refractivity contribution in [2.24, 2.45) is 0 Å². The Morgan fingerprint density at radius 3 is 2.75 bits per heavy atom. The molecule has 0 N–H and O–H groups in total. The minimum absolute atomic E-state index is 0.0151. The van der Waals surface area contributed by atoms with Crippen LogP contribution in [0.3, 0.4) is 0 Å². The lowest BCUT2D eigenvalue weighted by Gasteiger charge is -2.18. The number of aromatic nitrogens is 1. The highest BCUT2D eigenvalue weighted by Crippen LogP contribution is 2.30. The van der Waals surface area contributed by atoms with Gasteiger partial charge in [0.25, 0.3) is 0 Å². The van der Waals surface area contributed by atoms with Crippen molar-refractivity contribution in [2.75, 3.05) is 20.2 Å². The summed E-state index contributed by atoms with van der Waals surface area (Å²) in [6, 6.07) is 22.2. The molecule has 3 aromatic carbocycles. The van der Waals surface area contributed by atoms with Gasteiger partial charge < -0.3 is 14.4 Å². The van der Waals surface area contributed by atoms with E-state index < -0.39 is 0 Å². The highest BCUT2D eigenvalue weighted by molar-refractivity contribution is 5.88. The van der Waals surface area contributed by atoms with Crippen molar-refractivity contribution >= 4 is 27.6 Å². The second-order valence-corrected chi connectivity index (χ2v) is 8.17. The van der Waals surface area contributed by atoms with Crippen molar-refractivity contribution in [1.29, 1.82) is 0 Å². The van der Waals surface area contributed by atoms with Gasteiger partial charge in [-0.3, -0.25) is 9.78 Å². The Morgan fingerprint density at radius 2 is 1.84 bits per heavy atom. The van der Waals surface area contributed by atoms with Crippen LogP contribution in [-0.4, -0.2) is 42.1 Å². The number of fused-ring (bicyclic) bond motifs is 2. The Bertz CT molecular complexity index is 1260. The minimum atomic E-state index is -0.0151. The van der Waals surface area contributed by atoms with E-state index in [4.69, 9.17) is 9.47 Å². The number of benzene rings is 3. The molecule has 1 unspecified atom stereocenters. The lowest BCUT2D eigenvalue weighted by Crippen LogP contribution is -2.31. The van der Waals surface area contributed by atoms with E-state index in [1.54, 1.807) is 13.3 Å². The number of carbonyl (C=O) groups is 1. The number of likely N-dealkylation sites (tertiary alicyclic amines) is 1. The maximum atomic E-state index is 13.0. The zero-order valence-electron chi connectivity index (χ0n) is 18.2. The van der Waals surface area contributed by atoms with Gasteiger partial charge >= 0.3 is 0 Å². The van der Waals surface area contributed by atoms with E-state index in [9.17, 15) is 4.79 Å². The third-order valence-electron chi connectivity index (χ3n) is 6.19. The molecule has 5 nitrogen and oxygen atoms in total. The molecule has 1 aliphatic heterocycles. The van der Waals surface area contributed by atoms with Crippen LogP contribution in [0.4, 0.5) is 0 Å². The summed E-state index contributed by atoms with van der Waals surface area (Å²) >= 11 is 0. The van der Waals surface area contributed by atoms with Crippen molar-refractivity contribution in [3.05, 3.63) is 78.5 Å².